The van der Waals surface area contributed by atoms with Gasteiger partial charge in [0, 0.05) is 6.07 Å². The van der Waals surface area contributed by atoms with Crippen LogP contribution in [-0.4, -0.2) is 31.4 Å². The van der Waals surface area contributed by atoms with Crippen LogP contribution in [-0.2, 0) is 19.4 Å². The van der Waals surface area contributed by atoms with Crippen LogP contribution in [0.25, 0.3) is 0 Å². The molecule has 0 N–H and O–H groups in total. The standard InChI is InChI=1S/C16H15BrN2O6S/c1-10-3-5-11(6-4-10)26(23,24)13(9-15(20)25-2)16-12(19(21)22)7-8-14(17)18-16/h3-8,13H,9H2,1-2H3/t13-/m1/s1. The lowest BCUT2D eigenvalue weighted by molar-refractivity contribution is -0.386. The lowest BCUT2D eigenvalue weighted by Gasteiger charge is -2.17. The van der Waals surface area contributed by atoms with E-state index in [2.05, 4.69) is 25.7 Å². The Hall–Kier alpha value is -2.33. The molecule has 0 saturated heterocycles. The number of halogens is 1. The van der Waals surface area contributed by atoms with E-state index >= 15 is 0 Å². The van der Waals surface area contributed by atoms with Crippen LogP contribution < -0.4 is 0 Å². The van der Waals surface area contributed by atoms with Gasteiger partial charge in [0.2, 0.25) is 0 Å². The minimum Gasteiger partial charge on any atom is -0.469 e. The number of aromatic nitrogens is 1. The van der Waals surface area contributed by atoms with Crippen molar-refractivity contribution < 1.29 is 22.9 Å². The molecule has 26 heavy (non-hydrogen) atoms. The number of esters is 1. The van der Waals surface area contributed by atoms with Crippen molar-refractivity contribution in [1.29, 1.82) is 0 Å². The molecule has 2 rings (SSSR count). The van der Waals surface area contributed by atoms with Crippen molar-refractivity contribution in [2.24, 2.45) is 0 Å². The number of hydrogen-bond acceptors (Lipinski definition) is 7. The summed E-state index contributed by atoms with van der Waals surface area (Å²) in [5.41, 5.74) is 0.0353. The van der Waals surface area contributed by atoms with Crippen LogP contribution in [0.15, 0.2) is 45.9 Å². The predicted molar refractivity (Wildman–Crippen MR) is 96.3 cm³/mol. The molecule has 1 aromatic carbocycles. The number of methoxy groups -OCH3 is 1. The van der Waals surface area contributed by atoms with E-state index in [-0.39, 0.29) is 15.2 Å². The van der Waals surface area contributed by atoms with Crippen molar-refractivity contribution >= 4 is 37.4 Å². The first-order chi connectivity index (χ1) is 12.2. The molecule has 0 amide bonds. The summed E-state index contributed by atoms with van der Waals surface area (Å²) in [5, 5.41) is 9.78. The molecule has 0 aliphatic rings. The van der Waals surface area contributed by atoms with E-state index in [1.807, 2.05) is 0 Å². The average Bonchev–Trinajstić information content (AvgIpc) is 2.59. The highest BCUT2D eigenvalue weighted by molar-refractivity contribution is 9.10. The Bertz CT molecular complexity index is 944. The van der Waals surface area contributed by atoms with Crippen molar-refractivity contribution in [3.05, 3.63) is 62.4 Å². The van der Waals surface area contributed by atoms with Crippen molar-refractivity contribution in [1.82, 2.24) is 4.98 Å². The van der Waals surface area contributed by atoms with E-state index < -0.39 is 38.1 Å². The monoisotopic (exact) mass is 442 g/mol. The third-order valence-corrected chi connectivity index (χ3v) is 6.18. The number of ether oxygens (including phenoxy) is 1. The van der Waals surface area contributed by atoms with E-state index in [0.29, 0.717) is 0 Å². The highest BCUT2D eigenvalue weighted by Crippen LogP contribution is 2.36. The Kier molecular flexibility index (Phi) is 6.09. The molecule has 10 heteroatoms. The third kappa shape index (κ3) is 4.25. The highest BCUT2D eigenvalue weighted by Gasteiger charge is 2.37. The quantitative estimate of drug-likeness (QED) is 0.291. The number of carbonyl (C=O) groups excluding carboxylic acids is 1. The van der Waals surface area contributed by atoms with Crippen molar-refractivity contribution in [3.63, 3.8) is 0 Å². The second-order valence-electron chi connectivity index (χ2n) is 5.42. The maximum atomic E-state index is 13.1. The van der Waals surface area contributed by atoms with Crippen LogP contribution in [0.5, 0.6) is 0 Å². The average molecular weight is 443 g/mol. The number of sulfone groups is 1. The summed E-state index contributed by atoms with van der Waals surface area (Å²) >= 11 is 3.08. The second kappa shape index (κ2) is 7.92. The molecule has 1 atom stereocenters. The number of aryl methyl sites for hydroxylation is 1. The summed E-state index contributed by atoms with van der Waals surface area (Å²) in [7, 11) is -3.03. The molecule has 0 saturated carbocycles. The smallest absolute Gasteiger partial charge is 0.307 e. The Balaban J connectivity index is 2.68. The van der Waals surface area contributed by atoms with Crippen LogP contribution in [0.2, 0.25) is 0 Å². The molecule has 8 nitrogen and oxygen atoms in total. The molecular formula is C16H15BrN2O6S. The minimum absolute atomic E-state index is 0.0620. The number of hydrogen-bond donors (Lipinski definition) is 0. The van der Waals surface area contributed by atoms with Crippen LogP contribution >= 0.6 is 15.9 Å². The summed E-state index contributed by atoms with van der Waals surface area (Å²) in [5.74, 6) is -0.818. The first-order valence-corrected chi connectivity index (χ1v) is 9.69. The van der Waals surface area contributed by atoms with Gasteiger partial charge in [-0.3, -0.25) is 14.9 Å². The van der Waals surface area contributed by atoms with Crippen molar-refractivity contribution in [3.8, 4) is 0 Å². The molecule has 0 bridgehead atoms. The van der Waals surface area contributed by atoms with Gasteiger partial charge in [0.1, 0.15) is 15.5 Å². The molecule has 2 aromatic rings. The van der Waals surface area contributed by atoms with Gasteiger partial charge >= 0.3 is 5.97 Å². The van der Waals surface area contributed by atoms with Gasteiger partial charge in [0.25, 0.3) is 5.69 Å². The van der Waals surface area contributed by atoms with Gasteiger partial charge in [-0.1, -0.05) is 17.7 Å². The van der Waals surface area contributed by atoms with Gasteiger partial charge in [-0.2, -0.15) is 0 Å². The number of pyridine rings is 1. The zero-order valence-corrected chi connectivity index (χ0v) is 16.3. The van der Waals surface area contributed by atoms with Crippen molar-refractivity contribution in [2.75, 3.05) is 7.11 Å². The topological polar surface area (TPSA) is 116 Å². The fourth-order valence-electron chi connectivity index (χ4n) is 2.31. The number of carbonyl (C=O) groups is 1. The normalized spacial score (nSPS) is 12.4. The fourth-order valence-corrected chi connectivity index (χ4v) is 4.30. The predicted octanol–water partition coefficient (Wildman–Crippen LogP) is 3.14. The summed E-state index contributed by atoms with van der Waals surface area (Å²) in [4.78, 5) is 26.3. The third-order valence-electron chi connectivity index (χ3n) is 3.67. The molecular weight excluding hydrogens is 428 g/mol. The lowest BCUT2D eigenvalue weighted by atomic mass is 10.2. The van der Waals surface area contributed by atoms with Crippen LogP contribution in [0, 0.1) is 17.0 Å². The SMILES string of the molecule is COC(=O)C[C@H](c1nc(Br)ccc1[N+](=O)[O-])S(=O)(=O)c1ccc(C)cc1. The van der Waals surface area contributed by atoms with Crippen LogP contribution in [0.4, 0.5) is 5.69 Å². The molecule has 0 radical (unpaired) electrons. The Labute approximate surface area is 158 Å². The summed E-state index contributed by atoms with van der Waals surface area (Å²) < 4.78 is 31.0. The van der Waals surface area contributed by atoms with Gasteiger partial charge < -0.3 is 4.74 Å². The first kappa shape index (κ1) is 20.0. The lowest BCUT2D eigenvalue weighted by Crippen LogP contribution is -2.20. The number of nitro groups is 1. The second-order valence-corrected chi connectivity index (χ2v) is 8.37. The van der Waals surface area contributed by atoms with E-state index in [4.69, 9.17) is 0 Å². The van der Waals surface area contributed by atoms with Gasteiger partial charge in [0.05, 0.1) is 23.3 Å². The number of benzene rings is 1. The van der Waals surface area contributed by atoms with Gasteiger partial charge in [-0.15, -0.1) is 0 Å². The fraction of sp³-hybridized carbons (Fsp3) is 0.250. The number of rotatable bonds is 6. The van der Waals surface area contributed by atoms with Gasteiger partial charge in [0.15, 0.2) is 9.84 Å². The minimum atomic E-state index is -4.14. The summed E-state index contributed by atoms with van der Waals surface area (Å²) in [6, 6.07) is 8.45. The maximum absolute atomic E-state index is 13.1. The molecule has 0 aliphatic carbocycles. The van der Waals surface area contributed by atoms with Crippen molar-refractivity contribution in [2.45, 2.75) is 23.5 Å². The van der Waals surface area contributed by atoms with Gasteiger partial charge in [-0.25, -0.2) is 13.4 Å². The van der Waals surface area contributed by atoms with Crippen LogP contribution in [0.3, 0.4) is 0 Å². The van der Waals surface area contributed by atoms with E-state index in [9.17, 15) is 23.3 Å². The van der Waals surface area contributed by atoms with E-state index in [1.54, 1.807) is 19.1 Å². The van der Waals surface area contributed by atoms with E-state index in [0.717, 1.165) is 18.7 Å². The first-order valence-electron chi connectivity index (χ1n) is 7.35. The Morgan fingerprint density at radius 3 is 2.42 bits per heavy atom. The molecule has 138 valence electrons. The highest BCUT2D eigenvalue weighted by atomic mass is 79.9. The zero-order valence-electron chi connectivity index (χ0n) is 13.9. The summed E-state index contributed by atoms with van der Waals surface area (Å²) in [6.07, 6.45) is -0.600. The molecule has 0 aliphatic heterocycles. The molecule has 1 heterocycles. The molecule has 0 spiro atoms. The summed E-state index contributed by atoms with van der Waals surface area (Å²) in [6.45, 7) is 1.79. The maximum Gasteiger partial charge on any atom is 0.307 e. The van der Waals surface area contributed by atoms with E-state index in [1.165, 1.54) is 18.2 Å². The molecule has 1 aromatic heterocycles. The number of nitrogens with zero attached hydrogens (tertiary/aromatic N) is 2. The largest absolute Gasteiger partial charge is 0.469 e. The molecule has 0 unspecified atom stereocenters. The van der Waals surface area contributed by atoms with Crippen LogP contribution in [0.1, 0.15) is 22.9 Å². The van der Waals surface area contributed by atoms with Gasteiger partial charge in [-0.05, 0) is 41.1 Å². The Morgan fingerprint density at radius 2 is 1.88 bits per heavy atom. The Morgan fingerprint density at radius 1 is 1.27 bits per heavy atom. The zero-order chi connectivity index (χ0) is 19.5. The molecule has 0 fully saturated rings.